The zero-order chi connectivity index (χ0) is 13.0. The molecule has 1 atom stereocenters. The molecule has 0 aliphatic heterocycles. The predicted octanol–water partition coefficient (Wildman–Crippen LogP) is 3.14. The lowest BCUT2D eigenvalue weighted by atomic mass is 10.1. The first-order chi connectivity index (χ1) is 8.69. The number of hydrogen-bond donors (Lipinski definition) is 1. The van der Waals surface area contributed by atoms with Crippen LogP contribution >= 0.6 is 0 Å². The van der Waals surface area contributed by atoms with Crippen LogP contribution in [0, 0.1) is 17.1 Å². The summed E-state index contributed by atoms with van der Waals surface area (Å²) in [5.41, 5.74) is 0.877. The third-order valence-electron chi connectivity index (χ3n) is 2.70. The van der Waals surface area contributed by atoms with E-state index >= 15 is 0 Å². The lowest BCUT2D eigenvalue weighted by Gasteiger charge is -2.13. The van der Waals surface area contributed by atoms with E-state index in [4.69, 9.17) is 9.68 Å². The summed E-state index contributed by atoms with van der Waals surface area (Å²) in [4.78, 5) is 0. The van der Waals surface area contributed by atoms with E-state index in [0.717, 1.165) is 5.56 Å². The Morgan fingerprint density at radius 2 is 2.22 bits per heavy atom. The van der Waals surface area contributed by atoms with Gasteiger partial charge in [-0.2, -0.15) is 5.26 Å². The maximum atomic E-state index is 13.1. The number of rotatable bonds is 4. The van der Waals surface area contributed by atoms with Gasteiger partial charge in [0.2, 0.25) is 5.76 Å². The number of nitriles is 1. The molecule has 0 fully saturated rings. The third-order valence-corrected chi connectivity index (χ3v) is 2.70. The standard InChI is InChI=1S/C14H13FN2O/c1-10(11-3-2-4-12(15)7-11)17-9-14-6-5-13(8-16)18-14/h2-7,10,17H,9H2,1H3/t10-/m1/s1. The maximum Gasteiger partial charge on any atom is 0.203 e. The molecular weight excluding hydrogens is 231 g/mol. The average molecular weight is 244 g/mol. The number of halogens is 1. The van der Waals surface area contributed by atoms with E-state index in [9.17, 15) is 4.39 Å². The molecule has 0 amide bonds. The topological polar surface area (TPSA) is 49.0 Å². The van der Waals surface area contributed by atoms with Crippen LogP contribution in [0.1, 0.15) is 30.0 Å². The molecule has 0 bridgehead atoms. The van der Waals surface area contributed by atoms with Crippen molar-refractivity contribution in [2.45, 2.75) is 19.5 Å². The number of hydrogen-bond acceptors (Lipinski definition) is 3. The zero-order valence-electron chi connectivity index (χ0n) is 9.98. The Kier molecular flexibility index (Phi) is 3.75. The summed E-state index contributed by atoms with van der Waals surface area (Å²) in [5, 5.41) is 11.8. The minimum atomic E-state index is -0.245. The molecule has 0 unspecified atom stereocenters. The van der Waals surface area contributed by atoms with E-state index in [-0.39, 0.29) is 11.9 Å². The third kappa shape index (κ3) is 2.96. The van der Waals surface area contributed by atoms with Gasteiger partial charge in [-0.05, 0) is 36.8 Å². The summed E-state index contributed by atoms with van der Waals surface area (Å²) in [6, 6.07) is 11.8. The van der Waals surface area contributed by atoms with Gasteiger partial charge in [0, 0.05) is 6.04 Å². The van der Waals surface area contributed by atoms with Crippen LogP contribution < -0.4 is 5.32 Å². The zero-order valence-corrected chi connectivity index (χ0v) is 9.98. The van der Waals surface area contributed by atoms with Gasteiger partial charge in [0.15, 0.2) is 0 Å². The molecule has 2 rings (SSSR count). The lowest BCUT2D eigenvalue weighted by molar-refractivity contribution is 0.453. The second-order valence-electron chi connectivity index (χ2n) is 4.04. The molecule has 92 valence electrons. The molecule has 1 aromatic heterocycles. The first-order valence-corrected chi connectivity index (χ1v) is 5.66. The van der Waals surface area contributed by atoms with Crippen LogP contribution in [-0.2, 0) is 6.54 Å². The van der Waals surface area contributed by atoms with Crippen molar-refractivity contribution in [1.82, 2.24) is 5.32 Å². The number of nitrogens with zero attached hydrogens (tertiary/aromatic N) is 1. The van der Waals surface area contributed by atoms with Gasteiger partial charge in [-0.1, -0.05) is 12.1 Å². The molecule has 3 nitrogen and oxygen atoms in total. The van der Waals surface area contributed by atoms with Crippen molar-refractivity contribution in [3.05, 3.63) is 59.3 Å². The number of nitrogens with one attached hydrogen (secondary N) is 1. The quantitative estimate of drug-likeness (QED) is 0.898. The minimum Gasteiger partial charge on any atom is -0.449 e. The van der Waals surface area contributed by atoms with E-state index in [1.807, 2.05) is 19.1 Å². The fourth-order valence-corrected chi connectivity index (χ4v) is 1.68. The molecule has 0 aliphatic rings. The molecule has 0 saturated heterocycles. The molecule has 18 heavy (non-hydrogen) atoms. The van der Waals surface area contributed by atoms with Gasteiger partial charge in [0.1, 0.15) is 17.6 Å². The van der Waals surface area contributed by atoms with E-state index in [2.05, 4.69) is 5.32 Å². The summed E-state index contributed by atoms with van der Waals surface area (Å²) in [6.45, 7) is 2.45. The first-order valence-electron chi connectivity index (χ1n) is 5.66. The highest BCUT2D eigenvalue weighted by molar-refractivity contribution is 5.21. The summed E-state index contributed by atoms with van der Waals surface area (Å²) in [5.74, 6) is 0.742. The smallest absolute Gasteiger partial charge is 0.203 e. The second kappa shape index (κ2) is 5.48. The number of furan rings is 1. The molecule has 1 aromatic carbocycles. The minimum absolute atomic E-state index is 0.0105. The largest absolute Gasteiger partial charge is 0.449 e. The summed E-state index contributed by atoms with van der Waals surface area (Å²) >= 11 is 0. The number of benzene rings is 1. The highest BCUT2D eigenvalue weighted by Gasteiger charge is 2.07. The van der Waals surface area contributed by atoms with Crippen LogP contribution in [0.2, 0.25) is 0 Å². The Hall–Kier alpha value is -2.12. The van der Waals surface area contributed by atoms with Gasteiger partial charge in [0.25, 0.3) is 0 Å². The van der Waals surface area contributed by atoms with Gasteiger partial charge in [0.05, 0.1) is 6.54 Å². The van der Waals surface area contributed by atoms with Crippen LogP contribution in [0.4, 0.5) is 4.39 Å². The Balaban J connectivity index is 1.96. The summed E-state index contributed by atoms with van der Waals surface area (Å²) < 4.78 is 18.3. The SMILES string of the molecule is C[C@@H](NCc1ccc(C#N)o1)c1cccc(F)c1. The Labute approximate surface area is 105 Å². The van der Waals surface area contributed by atoms with E-state index < -0.39 is 0 Å². The van der Waals surface area contributed by atoms with Crippen molar-refractivity contribution >= 4 is 0 Å². The van der Waals surface area contributed by atoms with Crippen molar-refractivity contribution in [3.8, 4) is 6.07 Å². The molecule has 2 aromatic rings. The first kappa shape index (κ1) is 12.3. The lowest BCUT2D eigenvalue weighted by Crippen LogP contribution is -2.17. The molecule has 0 aliphatic carbocycles. The van der Waals surface area contributed by atoms with Gasteiger partial charge < -0.3 is 9.73 Å². The fourth-order valence-electron chi connectivity index (χ4n) is 1.68. The van der Waals surface area contributed by atoms with E-state index in [1.165, 1.54) is 12.1 Å². The van der Waals surface area contributed by atoms with Gasteiger partial charge in [-0.3, -0.25) is 0 Å². The van der Waals surface area contributed by atoms with Crippen molar-refractivity contribution in [3.63, 3.8) is 0 Å². The molecule has 4 heteroatoms. The maximum absolute atomic E-state index is 13.1. The van der Waals surface area contributed by atoms with Crippen LogP contribution in [0.15, 0.2) is 40.8 Å². The van der Waals surface area contributed by atoms with Gasteiger partial charge >= 0.3 is 0 Å². The van der Waals surface area contributed by atoms with Crippen LogP contribution in [0.25, 0.3) is 0 Å². The van der Waals surface area contributed by atoms with Gasteiger partial charge in [-0.15, -0.1) is 0 Å². The monoisotopic (exact) mass is 244 g/mol. The molecular formula is C14H13FN2O. The van der Waals surface area contributed by atoms with Gasteiger partial charge in [-0.25, -0.2) is 4.39 Å². The highest BCUT2D eigenvalue weighted by Crippen LogP contribution is 2.15. The molecule has 0 saturated carbocycles. The molecule has 1 heterocycles. The van der Waals surface area contributed by atoms with Crippen LogP contribution in [-0.4, -0.2) is 0 Å². The Morgan fingerprint density at radius 3 is 2.89 bits per heavy atom. The second-order valence-corrected chi connectivity index (χ2v) is 4.04. The van der Waals surface area contributed by atoms with Crippen LogP contribution in [0.5, 0.6) is 0 Å². The van der Waals surface area contributed by atoms with Crippen molar-refractivity contribution in [2.24, 2.45) is 0 Å². The average Bonchev–Trinajstić information content (AvgIpc) is 2.84. The Morgan fingerprint density at radius 1 is 1.39 bits per heavy atom. The van der Waals surface area contributed by atoms with Crippen molar-refractivity contribution in [2.75, 3.05) is 0 Å². The van der Waals surface area contributed by atoms with Crippen molar-refractivity contribution < 1.29 is 8.81 Å². The molecule has 0 spiro atoms. The van der Waals surface area contributed by atoms with E-state index in [1.54, 1.807) is 18.2 Å². The summed E-state index contributed by atoms with van der Waals surface area (Å²) in [6.07, 6.45) is 0. The predicted molar refractivity (Wildman–Crippen MR) is 65.1 cm³/mol. The van der Waals surface area contributed by atoms with Crippen LogP contribution in [0.3, 0.4) is 0 Å². The van der Waals surface area contributed by atoms with E-state index in [0.29, 0.717) is 18.1 Å². The highest BCUT2D eigenvalue weighted by atomic mass is 19.1. The normalized spacial score (nSPS) is 12.1. The molecule has 1 N–H and O–H groups in total. The van der Waals surface area contributed by atoms with Crippen molar-refractivity contribution in [1.29, 1.82) is 5.26 Å². The fraction of sp³-hybridized carbons (Fsp3) is 0.214. The summed E-state index contributed by atoms with van der Waals surface area (Å²) in [7, 11) is 0. The Bertz CT molecular complexity index is 571. The molecule has 0 radical (unpaired) electrons.